The zero-order valence-corrected chi connectivity index (χ0v) is 10.6. The van der Waals surface area contributed by atoms with E-state index in [1.54, 1.807) is 0 Å². The third-order valence-electron chi connectivity index (χ3n) is 3.36. The first-order valence-electron chi connectivity index (χ1n) is 6.33. The van der Waals surface area contributed by atoms with Crippen LogP contribution in [0.4, 0.5) is 0 Å². The smallest absolute Gasteiger partial charge is 0.231 e. The van der Waals surface area contributed by atoms with Gasteiger partial charge < -0.3 is 15.0 Å². The van der Waals surface area contributed by atoms with Gasteiger partial charge in [-0.3, -0.25) is 0 Å². The highest BCUT2D eigenvalue weighted by Crippen LogP contribution is 2.26. The van der Waals surface area contributed by atoms with Crippen molar-refractivity contribution in [3.05, 3.63) is 11.7 Å². The molecule has 96 valence electrons. The minimum atomic E-state index is 0.153. The molecule has 1 aromatic rings. The van der Waals surface area contributed by atoms with Crippen LogP contribution in [0.1, 0.15) is 50.2 Å². The molecule has 0 bridgehead atoms. The maximum absolute atomic E-state index is 5.74. The van der Waals surface area contributed by atoms with E-state index >= 15 is 0 Å². The molecule has 2 heterocycles. The highest BCUT2D eigenvalue weighted by atomic mass is 16.5. The van der Waals surface area contributed by atoms with Crippen LogP contribution in [-0.2, 0) is 4.74 Å². The lowest BCUT2D eigenvalue weighted by Gasteiger charge is -2.18. The molecule has 1 fully saturated rings. The summed E-state index contributed by atoms with van der Waals surface area (Å²) in [6.07, 6.45) is 2.15. The third-order valence-corrected chi connectivity index (χ3v) is 3.36. The van der Waals surface area contributed by atoms with Gasteiger partial charge in [0.25, 0.3) is 0 Å². The van der Waals surface area contributed by atoms with Crippen LogP contribution in [0.3, 0.4) is 0 Å². The molecule has 1 aromatic heterocycles. The summed E-state index contributed by atoms with van der Waals surface area (Å²) in [6, 6.07) is 0. The maximum Gasteiger partial charge on any atom is 0.231 e. The Morgan fingerprint density at radius 3 is 2.88 bits per heavy atom. The number of aromatic nitrogens is 2. The summed E-state index contributed by atoms with van der Waals surface area (Å²) in [4.78, 5) is 4.49. The number of hydrogen-bond acceptors (Lipinski definition) is 5. The van der Waals surface area contributed by atoms with Crippen molar-refractivity contribution < 1.29 is 9.26 Å². The molecule has 2 rings (SSSR count). The van der Waals surface area contributed by atoms with Gasteiger partial charge in [-0.1, -0.05) is 19.0 Å². The molecule has 0 aromatic carbocycles. The van der Waals surface area contributed by atoms with Gasteiger partial charge in [0.15, 0.2) is 5.82 Å². The van der Waals surface area contributed by atoms with Gasteiger partial charge in [-0.15, -0.1) is 0 Å². The molecule has 2 N–H and O–H groups in total. The molecular formula is C12H21N3O2. The maximum atomic E-state index is 5.74. The second-order valence-corrected chi connectivity index (χ2v) is 4.99. The fraction of sp³-hybridized carbons (Fsp3) is 0.833. The third kappa shape index (κ3) is 2.84. The lowest BCUT2D eigenvalue weighted by molar-refractivity contribution is 0.0773. The van der Waals surface area contributed by atoms with E-state index < -0.39 is 0 Å². The predicted molar refractivity (Wildman–Crippen MR) is 63.7 cm³/mol. The summed E-state index contributed by atoms with van der Waals surface area (Å²) in [5.41, 5.74) is 5.74. The number of ether oxygens (including phenoxy) is 1. The first-order valence-corrected chi connectivity index (χ1v) is 6.33. The Labute approximate surface area is 102 Å². The quantitative estimate of drug-likeness (QED) is 0.865. The summed E-state index contributed by atoms with van der Waals surface area (Å²) < 4.78 is 10.8. The van der Waals surface area contributed by atoms with E-state index in [0.29, 0.717) is 25.0 Å². The van der Waals surface area contributed by atoms with Gasteiger partial charge in [-0.2, -0.15) is 4.98 Å². The van der Waals surface area contributed by atoms with Crippen molar-refractivity contribution in [3.63, 3.8) is 0 Å². The summed E-state index contributed by atoms with van der Waals surface area (Å²) in [5, 5.41) is 4.07. The van der Waals surface area contributed by atoms with Crippen LogP contribution in [0.5, 0.6) is 0 Å². The van der Waals surface area contributed by atoms with Gasteiger partial charge in [0, 0.05) is 19.1 Å². The van der Waals surface area contributed by atoms with Crippen LogP contribution in [0.25, 0.3) is 0 Å². The van der Waals surface area contributed by atoms with Crippen molar-refractivity contribution in [2.75, 3.05) is 19.8 Å². The molecule has 0 aliphatic carbocycles. The number of hydrogen-bond donors (Lipinski definition) is 1. The van der Waals surface area contributed by atoms with Gasteiger partial charge in [-0.25, -0.2) is 0 Å². The number of rotatable bonds is 4. The molecule has 2 unspecified atom stereocenters. The van der Waals surface area contributed by atoms with Crippen LogP contribution in [0, 0.1) is 5.92 Å². The van der Waals surface area contributed by atoms with Crippen molar-refractivity contribution in [2.24, 2.45) is 11.7 Å². The van der Waals surface area contributed by atoms with Crippen LogP contribution in [0.2, 0.25) is 0 Å². The van der Waals surface area contributed by atoms with E-state index in [2.05, 4.69) is 24.0 Å². The SMILES string of the molecule is CC(C)C(CN)c1nc(C2CCCOC2)no1. The molecule has 1 aliphatic heterocycles. The molecule has 0 amide bonds. The monoisotopic (exact) mass is 239 g/mol. The largest absolute Gasteiger partial charge is 0.381 e. The van der Waals surface area contributed by atoms with Gasteiger partial charge in [0.2, 0.25) is 5.89 Å². The Balaban J connectivity index is 2.08. The Morgan fingerprint density at radius 2 is 2.29 bits per heavy atom. The molecule has 17 heavy (non-hydrogen) atoms. The average Bonchev–Trinajstić information content (AvgIpc) is 2.80. The molecule has 1 aliphatic rings. The standard InChI is InChI=1S/C12H21N3O2/c1-8(2)10(6-13)12-14-11(15-17-12)9-4-3-5-16-7-9/h8-10H,3-7,13H2,1-2H3. The van der Waals surface area contributed by atoms with Crippen molar-refractivity contribution in [3.8, 4) is 0 Å². The zero-order chi connectivity index (χ0) is 12.3. The first kappa shape index (κ1) is 12.5. The Morgan fingerprint density at radius 1 is 1.47 bits per heavy atom. The lowest BCUT2D eigenvalue weighted by atomic mass is 9.96. The number of nitrogens with zero attached hydrogens (tertiary/aromatic N) is 2. The van der Waals surface area contributed by atoms with Crippen LogP contribution < -0.4 is 5.73 Å². The normalized spacial score (nSPS) is 22.9. The molecule has 5 heteroatoms. The molecule has 0 radical (unpaired) electrons. The fourth-order valence-electron chi connectivity index (χ4n) is 2.17. The molecule has 1 saturated heterocycles. The molecule has 5 nitrogen and oxygen atoms in total. The zero-order valence-electron chi connectivity index (χ0n) is 10.6. The highest BCUT2D eigenvalue weighted by Gasteiger charge is 2.25. The predicted octanol–water partition coefficient (Wildman–Crippen LogP) is 1.66. The molecular weight excluding hydrogens is 218 g/mol. The minimum absolute atomic E-state index is 0.153. The molecule has 0 saturated carbocycles. The Kier molecular flexibility index (Phi) is 4.12. The topological polar surface area (TPSA) is 74.2 Å². The summed E-state index contributed by atoms with van der Waals surface area (Å²) >= 11 is 0. The average molecular weight is 239 g/mol. The van der Waals surface area contributed by atoms with E-state index in [1.807, 2.05) is 0 Å². The van der Waals surface area contributed by atoms with Gasteiger partial charge in [0.1, 0.15) is 0 Å². The second-order valence-electron chi connectivity index (χ2n) is 4.99. The van der Waals surface area contributed by atoms with Crippen LogP contribution in [-0.4, -0.2) is 29.9 Å². The Bertz CT molecular complexity index is 345. The highest BCUT2D eigenvalue weighted by molar-refractivity contribution is 5.01. The van der Waals surface area contributed by atoms with Crippen molar-refractivity contribution in [1.29, 1.82) is 0 Å². The van der Waals surface area contributed by atoms with E-state index in [9.17, 15) is 0 Å². The van der Waals surface area contributed by atoms with Crippen molar-refractivity contribution >= 4 is 0 Å². The van der Waals surface area contributed by atoms with Gasteiger partial charge in [0.05, 0.1) is 12.5 Å². The van der Waals surface area contributed by atoms with E-state index in [1.165, 1.54) is 0 Å². The fourth-order valence-corrected chi connectivity index (χ4v) is 2.17. The summed E-state index contributed by atoms with van der Waals surface area (Å²) in [7, 11) is 0. The summed E-state index contributed by atoms with van der Waals surface area (Å²) in [6.45, 7) is 6.32. The van der Waals surface area contributed by atoms with Crippen molar-refractivity contribution in [2.45, 2.75) is 38.5 Å². The second kappa shape index (κ2) is 5.60. The Hall–Kier alpha value is -0.940. The van der Waals surface area contributed by atoms with E-state index in [-0.39, 0.29) is 11.8 Å². The number of nitrogens with two attached hydrogens (primary N) is 1. The minimum Gasteiger partial charge on any atom is -0.381 e. The molecule has 2 atom stereocenters. The van der Waals surface area contributed by atoms with Gasteiger partial charge in [-0.05, 0) is 18.8 Å². The van der Waals surface area contributed by atoms with Crippen LogP contribution >= 0.6 is 0 Å². The molecule has 0 spiro atoms. The van der Waals surface area contributed by atoms with Crippen molar-refractivity contribution in [1.82, 2.24) is 10.1 Å². The lowest BCUT2D eigenvalue weighted by Crippen LogP contribution is -2.19. The van der Waals surface area contributed by atoms with Gasteiger partial charge >= 0.3 is 0 Å². The first-order chi connectivity index (χ1) is 8.22. The summed E-state index contributed by atoms with van der Waals surface area (Å²) in [5.74, 6) is 2.30. The van der Waals surface area contributed by atoms with Crippen LogP contribution in [0.15, 0.2) is 4.52 Å². The van der Waals surface area contributed by atoms with E-state index in [0.717, 1.165) is 25.3 Å². The van der Waals surface area contributed by atoms with E-state index in [4.69, 9.17) is 15.0 Å².